The van der Waals surface area contributed by atoms with E-state index in [1.54, 1.807) is 12.1 Å². The second kappa shape index (κ2) is 8.07. The molecule has 1 saturated heterocycles. The number of aromatic nitrogens is 3. The number of benzene rings is 1. The standard InChI is InChI=1S/C16H19F3N6OS/c17-16(18,19)14-22-23-15(25(14)20)27-10-13(26)21-11-4-6-12(7-5-11)24-8-2-1-3-9-24/h4-7H,1-3,8-10,20H2,(H,21,26). The number of nitrogens with zero attached hydrogens (tertiary/aromatic N) is 4. The van der Waals surface area contributed by atoms with Gasteiger partial charge in [-0.3, -0.25) is 4.79 Å². The molecule has 0 atom stereocenters. The molecule has 1 amide bonds. The Hall–Kier alpha value is -2.43. The van der Waals surface area contributed by atoms with Gasteiger partial charge in [0.1, 0.15) is 0 Å². The van der Waals surface area contributed by atoms with Crippen LogP contribution < -0.4 is 16.1 Å². The number of halogens is 3. The zero-order valence-corrected chi connectivity index (χ0v) is 15.2. The molecule has 0 aliphatic carbocycles. The summed E-state index contributed by atoms with van der Waals surface area (Å²) in [7, 11) is 0. The number of nitrogen functional groups attached to an aromatic ring is 1. The number of carbonyl (C=O) groups excluding carboxylic acids is 1. The summed E-state index contributed by atoms with van der Waals surface area (Å²) in [6.07, 6.45) is -1.09. The van der Waals surface area contributed by atoms with E-state index in [0.29, 0.717) is 10.4 Å². The van der Waals surface area contributed by atoms with E-state index in [1.807, 2.05) is 12.1 Å². The fraction of sp³-hybridized carbons (Fsp3) is 0.438. The Bertz CT molecular complexity index is 786. The Kier molecular flexibility index (Phi) is 5.78. The highest BCUT2D eigenvalue weighted by atomic mass is 32.2. The smallest absolute Gasteiger partial charge is 0.372 e. The number of nitrogens with two attached hydrogens (primary N) is 1. The van der Waals surface area contributed by atoms with E-state index >= 15 is 0 Å². The highest BCUT2D eigenvalue weighted by Crippen LogP contribution is 2.29. The van der Waals surface area contributed by atoms with Crippen LogP contribution in [0.5, 0.6) is 0 Å². The molecule has 11 heteroatoms. The SMILES string of the molecule is Nn1c(SCC(=O)Nc2ccc(N3CCCCC3)cc2)nnc1C(F)(F)F. The summed E-state index contributed by atoms with van der Waals surface area (Å²) in [5.74, 6) is 3.51. The van der Waals surface area contributed by atoms with Crippen LogP contribution in [0.2, 0.25) is 0 Å². The first-order chi connectivity index (χ1) is 12.8. The normalized spacial score (nSPS) is 15.0. The molecular formula is C16H19F3N6OS. The lowest BCUT2D eigenvalue weighted by Gasteiger charge is -2.28. The fourth-order valence-corrected chi connectivity index (χ4v) is 3.46. The molecule has 0 unspecified atom stereocenters. The van der Waals surface area contributed by atoms with E-state index in [0.717, 1.165) is 30.5 Å². The van der Waals surface area contributed by atoms with Gasteiger partial charge in [0, 0.05) is 24.5 Å². The Morgan fingerprint density at radius 3 is 2.41 bits per heavy atom. The number of anilines is 2. The van der Waals surface area contributed by atoms with Gasteiger partial charge in [-0.15, -0.1) is 10.2 Å². The number of nitrogens with one attached hydrogen (secondary N) is 1. The van der Waals surface area contributed by atoms with Gasteiger partial charge in [-0.05, 0) is 43.5 Å². The van der Waals surface area contributed by atoms with Crippen LogP contribution in [-0.4, -0.2) is 39.6 Å². The van der Waals surface area contributed by atoms with Crippen molar-refractivity contribution in [2.45, 2.75) is 30.6 Å². The van der Waals surface area contributed by atoms with Crippen LogP contribution in [-0.2, 0) is 11.0 Å². The third-order valence-electron chi connectivity index (χ3n) is 4.12. The lowest BCUT2D eigenvalue weighted by molar-refractivity contribution is -0.146. The minimum Gasteiger partial charge on any atom is -0.372 e. The zero-order chi connectivity index (χ0) is 19.4. The highest BCUT2D eigenvalue weighted by Gasteiger charge is 2.38. The molecule has 1 aliphatic rings. The summed E-state index contributed by atoms with van der Waals surface area (Å²) in [6, 6.07) is 7.50. The zero-order valence-electron chi connectivity index (χ0n) is 14.4. The van der Waals surface area contributed by atoms with Crippen LogP contribution in [0, 0.1) is 0 Å². The van der Waals surface area contributed by atoms with Gasteiger partial charge in [0.05, 0.1) is 5.75 Å². The molecule has 0 radical (unpaired) electrons. The molecule has 3 N–H and O–H groups in total. The van der Waals surface area contributed by atoms with Gasteiger partial charge in [-0.2, -0.15) is 13.2 Å². The number of alkyl halides is 3. The minimum absolute atomic E-state index is 0.138. The summed E-state index contributed by atoms with van der Waals surface area (Å²) in [5.41, 5.74) is 1.73. The average molecular weight is 400 g/mol. The number of hydrogen-bond acceptors (Lipinski definition) is 6. The van der Waals surface area contributed by atoms with E-state index in [2.05, 4.69) is 20.4 Å². The maximum atomic E-state index is 12.6. The van der Waals surface area contributed by atoms with Gasteiger partial charge < -0.3 is 16.1 Å². The van der Waals surface area contributed by atoms with Crippen LogP contribution in [0.25, 0.3) is 0 Å². The topological polar surface area (TPSA) is 89.1 Å². The first-order valence-electron chi connectivity index (χ1n) is 8.40. The Morgan fingerprint density at radius 2 is 1.81 bits per heavy atom. The fourth-order valence-electron chi connectivity index (χ4n) is 2.80. The molecule has 0 spiro atoms. The monoisotopic (exact) mass is 400 g/mol. The first-order valence-corrected chi connectivity index (χ1v) is 9.38. The maximum absolute atomic E-state index is 12.6. The van der Waals surface area contributed by atoms with Crippen molar-refractivity contribution >= 4 is 29.0 Å². The van der Waals surface area contributed by atoms with Crippen molar-refractivity contribution in [3.63, 3.8) is 0 Å². The number of rotatable bonds is 5. The molecule has 146 valence electrons. The van der Waals surface area contributed by atoms with Gasteiger partial charge in [-0.25, -0.2) is 4.68 Å². The highest BCUT2D eigenvalue weighted by molar-refractivity contribution is 7.99. The van der Waals surface area contributed by atoms with Gasteiger partial charge in [-0.1, -0.05) is 11.8 Å². The summed E-state index contributed by atoms with van der Waals surface area (Å²) in [5, 5.41) is 8.90. The van der Waals surface area contributed by atoms with E-state index < -0.39 is 12.0 Å². The summed E-state index contributed by atoms with van der Waals surface area (Å²) < 4.78 is 38.2. The molecule has 0 saturated carbocycles. The van der Waals surface area contributed by atoms with Crippen LogP contribution in [0.1, 0.15) is 25.1 Å². The summed E-state index contributed by atoms with van der Waals surface area (Å²) >= 11 is 0.781. The Balaban J connectivity index is 1.53. The molecule has 1 aromatic heterocycles. The average Bonchev–Trinajstić information content (AvgIpc) is 3.02. The van der Waals surface area contributed by atoms with Crippen molar-refractivity contribution < 1.29 is 18.0 Å². The van der Waals surface area contributed by atoms with Crippen molar-refractivity contribution in [2.24, 2.45) is 0 Å². The lowest BCUT2D eigenvalue weighted by Crippen LogP contribution is -2.29. The molecule has 2 heterocycles. The minimum atomic E-state index is -4.70. The van der Waals surface area contributed by atoms with Gasteiger partial charge >= 0.3 is 6.18 Å². The van der Waals surface area contributed by atoms with E-state index in [4.69, 9.17) is 5.84 Å². The molecule has 1 aromatic carbocycles. The molecule has 3 rings (SSSR count). The molecule has 0 bridgehead atoms. The third-order valence-corrected chi connectivity index (χ3v) is 5.07. The molecular weight excluding hydrogens is 381 g/mol. The number of thioether (sulfide) groups is 1. The van der Waals surface area contributed by atoms with E-state index in [1.165, 1.54) is 19.3 Å². The van der Waals surface area contributed by atoms with Crippen LogP contribution in [0.15, 0.2) is 29.4 Å². The van der Waals surface area contributed by atoms with Crippen LogP contribution in [0.4, 0.5) is 24.5 Å². The van der Waals surface area contributed by atoms with E-state index in [9.17, 15) is 18.0 Å². The predicted octanol–water partition coefficient (Wildman–Crippen LogP) is 2.73. The molecule has 1 aliphatic heterocycles. The Morgan fingerprint density at radius 1 is 1.15 bits per heavy atom. The maximum Gasteiger partial charge on any atom is 0.453 e. The van der Waals surface area contributed by atoms with E-state index in [-0.39, 0.29) is 16.8 Å². The van der Waals surface area contributed by atoms with Crippen molar-refractivity contribution in [3.05, 3.63) is 30.1 Å². The number of piperidine rings is 1. The summed E-state index contributed by atoms with van der Waals surface area (Å²) in [6.45, 7) is 2.06. The van der Waals surface area contributed by atoms with Crippen LogP contribution >= 0.6 is 11.8 Å². The number of amides is 1. The lowest BCUT2D eigenvalue weighted by atomic mass is 10.1. The third kappa shape index (κ3) is 4.85. The number of hydrogen-bond donors (Lipinski definition) is 2. The Labute approximate surface area is 158 Å². The van der Waals surface area contributed by atoms with Gasteiger partial charge in [0.15, 0.2) is 0 Å². The first kappa shape index (κ1) is 19.3. The molecule has 2 aromatic rings. The van der Waals surface area contributed by atoms with Crippen molar-refractivity contribution in [1.29, 1.82) is 0 Å². The van der Waals surface area contributed by atoms with Gasteiger partial charge in [0.25, 0.3) is 5.82 Å². The van der Waals surface area contributed by atoms with Crippen molar-refractivity contribution in [1.82, 2.24) is 14.9 Å². The quantitative estimate of drug-likeness (QED) is 0.593. The molecule has 27 heavy (non-hydrogen) atoms. The van der Waals surface area contributed by atoms with Crippen molar-refractivity contribution in [2.75, 3.05) is 34.9 Å². The second-order valence-corrected chi connectivity index (χ2v) is 7.05. The van der Waals surface area contributed by atoms with Crippen molar-refractivity contribution in [3.8, 4) is 0 Å². The molecule has 1 fully saturated rings. The van der Waals surface area contributed by atoms with Gasteiger partial charge in [0.2, 0.25) is 11.1 Å². The number of carbonyl (C=O) groups is 1. The molecule has 7 nitrogen and oxygen atoms in total. The summed E-state index contributed by atoms with van der Waals surface area (Å²) in [4.78, 5) is 14.3. The van der Waals surface area contributed by atoms with Crippen LogP contribution in [0.3, 0.4) is 0 Å². The second-order valence-electron chi connectivity index (χ2n) is 6.11. The largest absolute Gasteiger partial charge is 0.453 e. The predicted molar refractivity (Wildman–Crippen MR) is 97.0 cm³/mol.